The molecule has 2 aromatic rings. The van der Waals surface area contributed by atoms with E-state index in [2.05, 4.69) is 0 Å². The molecule has 5 heteroatoms. The summed E-state index contributed by atoms with van der Waals surface area (Å²) in [5.74, 6) is -0.796. The van der Waals surface area contributed by atoms with Crippen LogP contribution in [0.2, 0.25) is 5.02 Å². The maximum absolute atomic E-state index is 12.3. The molecule has 2 N–H and O–H groups in total. The van der Waals surface area contributed by atoms with Crippen LogP contribution in [0.4, 0.5) is 11.4 Å². The van der Waals surface area contributed by atoms with Crippen molar-refractivity contribution in [2.75, 3.05) is 10.6 Å². The van der Waals surface area contributed by atoms with Gasteiger partial charge in [-0.1, -0.05) is 23.7 Å². The Balaban J connectivity index is 2.16. The summed E-state index contributed by atoms with van der Waals surface area (Å²) in [7, 11) is 0. The van der Waals surface area contributed by atoms with Crippen LogP contribution in [0.25, 0.3) is 0 Å². The number of hydrogen-bond donors (Lipinski definition) is 1. The SMILES string of the molecule is Nc1cccc2c1C(=O)N(c1cccc(Cl)c1)C2=O. The van der Waals surface area contributed by atoms with Crippen LogP contribution in [0.3, 0.4) is 0 Å². The highest BCUT2D eigenvalue weighted by molar-refractivity contribution is 6.36. The molecule has 0 radical (unpaired) electrons. The summed E-state index contributed by atoms with van der Waals surface area (Å²) < 4.78 is 0. The molecule has 0 bridgehead atoms. The smallest absolute Gasteiger partial charge is 0.268 e. The van der Waals surface area contributed by atoms with Crippen molar-refractivity contribution in [3.05, 3.63) is 58.6 Å². The van der Waals surface area contributed by atoms with Gasteiger partial charge in [0.1, 0.15) is 0 Å². The Hall–Kier alpha value is -2.33. The first kappa shape index (κ1) is 11.7. The number of amides is 2. The number of carbonyl (C=O) groups excluding carboxylic acids is 2. The maximum atomic E-state index is 12.3. The normalized spacial score (nSPS) is 13.8. The summed E-state index contributed by atoms with van der Waals surface area (Å²) in [6, 6.07) is 11.4. The van der Waals surface area contributed by atoms with Crippen molar-refractivity contribution in [2.45, 2.75) is 0 Å². The van der Waals surface area contributed by atoms with Crippen molar-refractivity contribution in [1.29, 1.82) is 0 Å². The Morgan fingerprint density at radius 2 is 1.74 bits per heavy atom. The van der Waals surface area contributed by atoms with E-state index in [1.165, 1.54) is 0 Å². The fourth-order valence-electron chi connectivity index (χ4n) is 2.16. The van der Waals surface area contributed by atoms with Gasteiger partial charge in [-0.05, 0) is 30.3 Å². The molecule has 94 valence electrons. The highest BCUT2D eigenvalue weighted by atomic mass is 35.5. The minimum atomic E-state index is -0.416. The quantitative estimate of drug-likeness (QED) is 0.641. The van der Waals surface area contributed by atoms with Crippen LogP contribution in [0, 0.1) is 0 Å². The minimum Gasteiger partial charge on any atom is -0.398 e. The molecule has 0 aliphatic carbocycles. The van der Waals surface area contributed by atoms with Crippen LogP contribution in [0.15, 0.2) is 42.5 Å². The lowest BCUT2D eigenvalue weighted by Gasteiger charge is -2.13. The van der Waals surface area contributed by atoms with Crippen LogP contribution >= 0.6 is 11.6 Å². The third-order valence-electron chi connectivity index (χ3n) is 3.01. The summed E-state index contributed by atoms with van der Waals surface area (Å²) >= 11 is 5.89. The fraction of sp³-hybridized carbons (Fsp3) is 0. The number of nitrogen functional groups attached to an aromatic ring is 1. The lowest BCUT2D eigenvalue weighted by atomic mass is 10.1. The van der Waals surface area contributed by atoms with Crippen molar-refractivity contribution >= 4 is 34.8 Å². The molecule has 1 heterocycles. The summed E-state index contributed by atoms with van der Waals surface area (Å²) in [5.41, 5.74) is 7.10. The zero-order chi connectivity index (χ0) is 13.6. The lowest BCUT2D eigenvalue weighted by molar-refractivity contribution is 0.0926. The van der Waals surface area contributed by atoms with Gasteiger partial charge in [0, 0.05) is 10.7 Å². The van der Waals surface area contributed by atoms with Gasteiger partial charge in [0.25, 0.3) is 11.8 Å². The number of carbonyl (C=O) groups is 2. The predicted molar refractivity (Wildman–Crippen MR) is 73.4 cm³/mol. The molecule has 2 aromatic carbocycles. The third kappa shape index (κ3) is 1.69. The maximum Gasteiger partial charge on any atom is 0.268 e. The Morgan fingerprint density at radius 3 is 2.42 bits per heavy atom. The number of hydrogen-bond acceptors (Lipinski definition) is 3. The summed E-state index contributed by atoms with van der Waals surface area (Å²) in [6.45, 7) is 0. The predicted octanol–water partition coefficient (Wildman–Crippen LogP) is 2.72. The number of nitrogens with zero attached hydrogens (tertiary/aromatic N) is 1. The Bertz CT molecular complexity index is 712. The Kier molecular flexibility index (Phi) is 2.54. The molecule has 0 fully saturated rings. The molecule has 0 spiro atoms. The zero-order valence-corrected chi connectivity index (χ0v) is 10.5. The van der Waals surface area contributed by atoms with E-state index in [1.54, 1.807) is 42.5 Å². The molecule has 19 heavy (non-hydrogen) atoms. The summed E-state index contributed by atoms with van der Waals surface area (Å²) in [4.78, 5) is 25.7. The molecule has 0 aromatic heterocycles. The lowest BCUT2D eigenvalue weighted by Crippen LogP contribution is -2.29. The van der Waals surface area contributed by atoms with E-state index in [9.17, 15) is 9.59 Å². The summed E-state index contributed by atoms with van der Waals surface area (Å²) in [5, 5.41) is 0.460. The first-order valence-corrected chi connectivity index (χ1v) is 6.00. The second-order valence-electron chi connectivity index (χ2n) is 4.20. The van der Waals surface area contributed by atoms with Crippen LogP contribution < -0.4 is 10.6 Å². The summed E-state index contributed by atoms with van der Waals surface area (Å²) in [6.07, 6.45) is 0. The molecule has 0 saturated carbocycles. The Morgan fingerprint density at radius 1 is 1.00 bits per heavy atom. The molecule has 0 unspecified atom stereocenters. The standard InChI is InChI=1S/C14H9ClN2O2/c15-8-3-1-4-9(7-8)17-13(18)10-5-2-6-11(16)12(10)14(17)19/h1-7H,16H2. The molecule has 1 aliphatic heterocycles. The van der Waals surface area contributed by atoms with Crippen LogP contribution in [0.5, 0.6) is 0 Å². The second-order valence-corrected chi connectivity index (χ2v) is 4.63. The number of benzene rings is 2. The minimum absolute atomic E-state index is 0.257. The van der Waals surface area contributed by atoms with Gasteiger partial charge in [-0.2, -0.15) is 0 Å². The topological polar surface area (TPSA) is 63.4 Å². The average Bonchev–Trinajstić information content (AvgIpc) is 2.63. The van der Waals surface area contributed by atoms with Gasteiger partial charge < -0.3 is 5.73 Å². The van der Waals surface area contributed by atoms with Crippen molar-refractivity contribution in [3.8, 4) is 0 Å². The van der Waals surface area contributed by atoms with E-state index >= 15 is 0 Å². The number of imide groups is 1. The second kappa shape index (κ2) is 4.10. The Labute approximate surface area is 114 Å². The van der Waals surface area contributed by atoms with Crippen LogP contribution in [0.1, 0.15) is 20.7 Å². The van der Waals surface area contributed by atoms with Gasteiger partial charge in [0.2, 0.25) is 0 Å². The fourth-order valence-corrected chi connectivity index (χ4v) is 2.35. The molecule has 3 rings (SSSR count). The van der Waals surface area contributed by atoms with E-state index in [1.807, 2.05) is 0 Å². The van der Waals surface area contributed by atoms with Crippen LogP contribution in [-0.2, 0) is 0 Å². The van der Waals surface area contributed by atoms with Crippen molar-refractivity contribution in [3.63, 3.8) is 0 Å². The third-order valence-corrected chi connectivity index (χ3v) is 3.25. The molecule has 0 atom stereocenters. The van der Waals surface area contributed by atoms with Gasteiger partial charge in [-0.3, -0.25) is 9.59 Å². The van der Waals surface area contributed by atoms with Crippen molar-refractivity contribution < 1.29 is 9.59 Å². The van der Waals surface area contributed by atoms with E-state index in [4.69, 9.17) is 17.3 Å². The number of nitrogens with two attached hydrogens (primary N) is 1. The van der Waals surface area contributed by atoms with Crippen molar-refractivity contribution in [2.24, 2.45) is 0 Å². The highest BCUT2D eigenvalue weighted by Gasteiger charge is 2.37. The zero-order valence-electron chi connectivity index (χ0n) is 9.76. The number of fused-ring (bicyclic) bond motifs is 1. The van der Waals surface area contributed by atoms with Gasteiger partial charge in [-0.25, -0.2) is 4.90 Å². The molecular formula is C14H9ClN2O2. The van der Waals surface area contributed by atoms with E-state index < -0.39 is 5.91 Å². The molecule has 0 saturated heterocycles. The molecular weight excluding hydrogens is 264 g/mol. The van der Waals surface area contributed by atoms with Gasteiger partial charge in [-0.15, -0.1) is 0 Å². The van der Waals surface area contributed by atoms with Crippen molar-refractivity contribution in [1.82, 2.24) is 0 Å². The average molecular weight is 273 g/mol. The number of anilines is 2. The van der Waals surface area contributed by atoms with Gasteiger partial charge in [0.15, 0.2) is 0 Å². The number of rotatable bonds is 1. The first-order valence-electron chi connectivity index (χ1n) is 5.62. The van der Waals surface area contributed by atoms with E-state index in [0.29, 0.717) is 22.0 Å². The van der Waals surface area contributed by atoms with E-state index in [-0.39, 0.29) is 11.5 Å². The molecule has 2 amide bonds. The van der Waals surface area contributed by atoms with Gasteiger partial charge >= 0.3 is 0 Å². The monoisotopic (exact) mass is 272 g/mol. The first-order chi connectivity index (χ1) is 9.09. The molecule has 1 aliphatic rings. The number of halogens is 1. The van der Waals surface area contributed by atoms with Gasteiger partial charge in [0.05, 0.1) is 16.8 Å². The van der Waals surface area contributed by atoms with Crippen LogP contribution in [-0.4, -0.2) is 11.8 Å². The van der Waals surface area contributed by atoms with E-state index in [0.717, 1.165) is 4.90 Å². The highest BCUT2D eigenvalue weighted by Crippen LogP contribution is 2.32. The largest absolute Gasteiger partial charge is 0.398 e. The molecule has 4 nitrogen and oxygen atoms in total.